The average molecular weight is 420 g/mol. The fraction of sp³-hybridized carbons (Fsp3) is 0.300. The van der Waals surface area contributed by atoms with E-state index in [0.717, 1.165) is 6.42 Å². The minimum atomic E-state index is -4.02. The number of para-hydroxylation sites is 1. The van der Waals surface area contributed by atoms with E-state index in [1.165, 1.54) is 38.3 Å². The smallest absolute Gasteiger partial charge is 0.261 e. The molecule has 0 aromatic heterocycles. The number of carbonyl (C=O) groups excluding carboxylic acids is 2. The third-order valence-electron chi connectivity index (χ3n) is 4.20. The van der Waals surface area contributed by atoms with Crippen LogP contribution < -0.4 is 20.1 Å². The standard InChI is InChI=1S/C20H25N3O5S/c1-5-13(2)21-20(25)16-8-6-7-9-17(16)23-29(26,27)15-10-11-19(28-4)18(12-15)22-14(3)24/h6-13,23H,5H2,1-4H3,(H,21,25)(H,22,24). The van der Waals surface area contributed by atoms with Gasteiger partial charge in [0.15, 0.2) is 0 Å². The Labute approximate surface area is 170 Å². The van der Waals surface area contributed by atoms with Crippen LogP contribution in [0.1, 0.15) is 37.6 Å². The molecule has 9 heteroatoms. The number of benzene rings is 2. The molecular formula is C20H25N3O5S. The van der Waals surface area contributed by atoms with E-state index in [1.54, 1.807) is 18.2 Å². The van der Waals surface area contributed by atoms with Crippen LogP contribution in [0, 0.1) is 0 Å². The molecule has 0 radical (unpaired) electrons. The summed E-state index contributed by atoms with van der Waals surface area (Å²) in [6.45, 7) is 5.12. The topological polar surface area (TPSA) is 114 Å². The zero-order valence-electron chi connectivity index (χ0n) is 16.8. The van der Waals surface area contributed by atoms with E-state index >= 15 is 0 Å². The molecule has 0 saturated heterocycles. The number of rotatable bonds is 8. The van der Waals surface area contributed by atoms with Gasteiger partial charge in [0.05, 0.1) is 28.9 Å². The molecule has 1 atom stereocenters. The lowest BCUT2D eigenvalue weighted by molar-refractivity contribution is -0.114. The van der Waals surface area contributed by atoms with Crippen molar-refractivity contribution in [3.8, 4) is 5.75 Å². The predicted molar refractivity (Wildman–Crippen MR) is 112 cm³/mol. The highest BCUT2D eigenvalue weighted by atomic mass is 32.2. The summed E-state index contributed by atoms with van der Waals surface area (Å²) < 4.78 is 33.4. The normalized spacial score (nSPS) is 12.0. The first-order chi connectivity index (χ1) is 13.7. The summed E-state index contributed by atoms with van der Waals surface area (Å²) in [5.41, 5.74) is 0.600. The van der Waals surface area contributed by atoms with Gasteiger partial charge in [-0.05, 0) is 43.7 Å². The van der Waals surface area contributed by atoms with Crippen molar-refractivity contribution in [2.45, 2.75) is 38.1 Å². The summed E-state index contributed by atoms with van der Waals surface area (Å²) in [7, 11) is -2.61. The molecule has 156 valence electrons. The van der Waals surface area contributed by atoms with E-state index < -0.39 is 10.0 Å². The largest absolute Gasteiger partial charge is 0.495 e. The zero-order valence-corrected chi connectivity index (χ0v) is 17.6. The maximum atomic E-state index is 12.9. The molecule has 8 nitrogen and oxygen atoms in total. The summed E-state index contributed by atoms with van der Waals surface area (Å²) in [6, 6.07) is 10.4. The molecule has 0 saturated carbocycles. The maximum absolute atomic E-state index is 12.9. The van der Waals surface area contributed by atoms with Gasteiger partial charge >= 0.3 is 0 Å². The van der Waals surface area contributed by atoms with Crippen molar-refractivity contribution in [2.24, 2.45) is 0 Å². The number of sulfonamides is 1. The lowest BCUT2D eigenvalue weighted by Crippen LogP contribution is -2.32. The molecule has 2 aromatic rings. The second kappa shape index (κ2) is 9.42. The number of nitrogens with one attached hydrogen (secondary N) is 3. The van der Waals surface area contributed by atoms with Gasteiger partial charge < -0.3 is 15.4 Å². The Morgan fingerprint density at radius 1 is 1.10 bits per heavy atom. The van der Waals surface area contributed by atoms with Crippen LogP contribution in [0.25, 0.3) is 0 Å². The molecule has 1 unspecified atom stereocenters. The number of hydrogen-bond acceptors (Lipinski definition) is 5. The Morgan fingerprint density at radius 3 is 2.41 bits per heavy atom. The fourth-order valence-electron chi connectivity index (χ4n) is 2.52. The molecule has 2 rings (SSSR count). The lowest BCUT2D eigenvalue weighted by Gasteiger charge is -2.16. The quantitative estimate of drug-likeness (QED) is 0.609. The Kier molecular flexibility index (Phi) is 7.22. The monoisotopic (exact) mass is 419 g/mol. The number of anilines is 2. The van der Waals surface area contributed by atoms with Crippen LogP contribution in [-0.4, -0.2) is 33.4 Å². The highest BCUT2D eigenvalue weighted by Crippen LogP contribution is 2.29. The lowest BCUT2D eigenvalue weighted by atomic mass is 10.1. The Balaban J connectivity index is 2.37. The Morgan fingerprint density at radius 2 is 1.79 bits per heavy atom. The van der Waals surface area contributed by atoms with Gasteiger partial charge in [-0.1, -0.05) is 19.1 Å². The van der Waals surface area contributed by atoms with Crippen LogP contribution in [0.2, 0.25) is 0 Å². The first kappa shape index (κ1) is 22.2. The highest BCUT2D eigenvalue weighted by Gasteiger charge is 2.21. The highest BCUT2D eigenvalue weighted by molar-refractivity contribution is 7.92. The predicted octanol–water partition coefficient (Wildman–Crippen LogP) is 2.98. The number of amides is 2. The van der Waals surface area contributed by atoms with Crippen molar-refractivity contribution in [2.75, 3.05) is 17.1 Å². The van der Waals surface area contributed by atoms with E-state index in [-0.39, 0.29) is 39.7 Å². The second-order valence-electron chi connectivity index (χ2n) is 6.48. The molecule has 0 aliphatic heterocycles. The van der Waals surface area contributed by atoms with E-state index in [1.807, 2.05) is 13.8 Å². The van der Waals surface area contributed by atoms with E-state index in [0.29, 0.717) is 5.75 Å². The molecular weight excluding hydrogens is 394 g/mol. The number of ether oxygens (including phenoxy) is 1. The average Bonchev–Trinajstić information content (AvgIpc) is 2.67. The first-order valence-corrected chi connectivity index (χ1v) is 10.5. The van der Waals surface area contributed by atoms with Gasteiger partial charge in [0.25, 0.3) is 15.9 Å². The van der Waals surface area contributed by atoms with E-state index in [9.17, 15) is 18.0 Å². The molecule has 0 bridgehead atoms. The summed E-state index contributed by atoms with van der Waals surface area (Å²) in [5.74, 6) is -0.406. The molecule has 29 heavy (non-hydrogen) atoms. The van der Waals surface area contributed by atoms with E-state index in [2.05, 4.69) is 15.4 Å². The van der Waals surface area contributed by atoms with Crippen LogP contribution in [0.3, 0.4) is 0 Å². The van der Waals surface area contributed by atoms with Gasteiger partial charge in [-0.2, -0.15) is 0 Å². The molecule has 0 spiro atoms. The Hall–Kier alpha value is -3.07. The van der Waals surface area contributed by atoms with Crippen molar-refractivity contribution < 1.29 is 22.7 Å². The van der Waals surface area contributed by atoms with Crippen LogP contribution in [-0.2, 0) is 14.8 Å². The number of methoxy groups -OCH3 is 1. The third kappa shape index (κ3) is 5.71. The van der Waals surface area contributed by atoms with Crippen molar-refractivity contribution in [3.05, 3.63) is 48.0 Å². The van der Waals surface area contributed by atoms with Crippen molar-refractivity contribution in [3.63, 3.8) is 0 Å². The SMILES string of the molecule is CCC(C)NC(=O)c1ccccc1NS(=O)(=O)c1ccc(OC)c(NC(C)=O)c1. The Bertz CT molecular complexity index is 1000. The summed E-state index contributed by atoms with van der Waals surface area (Å²) in [6.07, 6.45) is 0.747. The zero-order chi connectivity index (χ0) is 21.6. The summed E-state index contributed by atoms with van der Waals surface area (Å²) in [4.78, 5) is 23.8. The van der Waals surface area contributed by atoms with Crippen molar-refractivity contribution in [1.82, 2.24) is 5.32 Å². The first-order valence-electron chi connectivity index (χ1n) is 9.06. The molecule has 2 amide bonds. The third-order valence-corrected chi connectivity index (χ3v) is 5.56. The van der Waals surface area contributed by atoms with Gasteiger partial charge in [0, 0.05) is 13.0 Å². The van der Waals surface area contributed by atoms with Gasteiger partial charge in [0.2, 0.25) is 5.91 Å². The fourth-order valence-corrected chi connectivity index (χ4v) is 3.62. The minimum Gasteiger partial charge on any atom is -0.495 e. The van der Waals surface area contributed by atoms with Crippen LogP contribution >= 0.6 is 0 Å². The molecule has 2 aromatic carbocycles. The van der Waals surface area contributed by atoms with Gasteiger partial charge in [-0.15, -0.1) is 0 Å². The molecule has 0 heterocycles. The number of hydrogen-bond donors (Lipinski definition) is 3. The number of carbonyl (C=O) groups is 2. The van der Waals surface area contributed by atoms with E-state index in [4.69, 9.17) is 4.74 Å². The van der Waals surface area contributed by atoms with Crippen molar-refractivity contribution >= 4 is 33.2 Å². The molecule has 0 fully saturated rings. The molecule has 3 N–H and O–H groups in total. The van der Waals surface area contributed by atoms with Crippen LogP contribution in [0.4, 0.5) is 11.4 Å². The minimum absolute atomic E-state index is 0.0473. The summed E-state index contributed by atoms with van der Waals surface area (Å²) in [5, 5.41) is 5.36. The second-order valence-corrected chi connectivity index (χ2v) is 8.16. The summed E-state index contributed by atoms with van der Waals surface area (Å²) >= 11 is 0. The van der Waals surface area contributed by atoms with Crippen molar-refractivity contribution in [1.29, 1.82) is 0 Å². The van der Waals surface area contributed by atoms with Gasteiger partial charge in [-0.25, -0.2) is 8.42 Å². The molecule has 0 aliphatic rings. The maximum Gasteiger partial charge on any atom is 0.261 e. The van der Waals surface area contributed by atoms with Crippen LogP contribution in [0.5, 0.6) is 5.75 Å². The van der Waals surface area contributed by atoms with Gasteiger partial charge in [0.1, 0.15) is 5.75 Å². The molecule has 0 aliphatic carbocycles. The van der Waals surface area contributed by atoms with Crippen LogP contribution in [0.15, 0.2) is 47.4 Å². The van der Waals surface area contributed by atoms with Gasteiger partial charge in [-0.3, -0.25) is 14.3 Å².